The van der Waals surface area contributed by atoms with Gasteiger partial charge in [0.1, 0.15) is 11.4 Å². The lowest BCUT2D eigenvalue weighted by Crippen LogP contribution is -2.25. The van der Waals surface area contributed by atoms with Gasteiger partial charge in [-0.25, -0.2) is 15.0 Å². The summed E-state index contributed by atoms with van der Waals surface area (Å²) in [5, 5.41) is 0. The summed E-state index contributed by atoms with van der Waals surface area (Å²) in [6.07, 6.45) is 0. The molecule has 3 aromatic rings. The molecule has 26 heavy (non-hydrogen) atoms. The van der Waals surface area contributed by atoms with Crippen molar-refractivity contribution >= 4 is 46.9 Å². The molecular formula is C19H13N5S2. The van der Waals surface area contributed by atoms with Crippen LogP contribution in [0, 0.1) is 0 Å². The number of benzene rings is 2. The summed E-state index contributed by atoms with van der Waals surface area (Å²) in [4.78, 5) is 16.4. The molecule has 7 heteroatoms. The Hall–Kier alpha value is -2.77. The first-order valence-corrected chi connectivity index (χ1v) is 9.69. The van der Waals surface area contributed by atoms with Crippen molar-refractivity contribution in [2.45, 2.75) is 9.79 Å². The fourth-order valence-electron chi connectivity index (χ4n) is 2.68. The van der Waals surface area contributed by atoms with Gasteiger partial charge in [-0.1, -0.05) is 30.3 Å². The molecule has 0 aliphatic carbocycles. The van der Waals surface area contributed by atoms with E-state index in [0.29, 0.717) is 0 Å². The number of fused-ring (bicyclic) bond motifs is 2. The topological polar surface area (TPSA) is 61.7 Å². The fraction of sp³-hybridized carbons (Fsp3) is 0. The Bertz CT molecular complexity index is 980. The van der Waals surface area contributed by atoms with Crippen LogP contribution in [0.4, 0.5) is 11.4 Å². The number of aliphatic imine (C=N–C) groups is 2. The maximum absolute atomic E-state index is 4.75. The number of hydrogen-bond acceptors (Lipinski definition) is 7. The third-order valence-corrected chi connectivity index (χ3v) is 5.67. The van der Waals surface area contributed by atoms with Crippen LogP contribution in [0.2, 0.25) is 0 Å². The normalized spacial score (nSPS) is 14.9. The van der Waals surface area contributed by atoms with Crippen molar-refractivity contribution in [3.8, 4) is 0 Å². The largest absolute Gasteiger partial charge is 0.308 e. The second-order valence-corrected chi connectivity index (χ2v) is 7.37. The molecule has 0 bridgehead atoms. The number of pyridine rings is 1. The minimum absolute atomic E-state index is 0.750. The molecule has 0 saturated heterocycles. The van der Waals surface area contributed by atoms with Crippen molar-refractivity contribution in [3.05, 3.63) is 78.1 Å². The summed E-state index contributed by atoms with van der Waals surface area (Å²) < 4.78 is 6.55. The molecule has 2 aromatic carbocycles. The van der Waals surface area contributed by atoms with Gasteiger partial charge in [-0.05, 0) is 60.3 Å². The molecule has 0 spiro atoms. The SMILES string of the molecule is c1cc(C2=Nc3ccccc3SN2)nc(C2=Nc3ccccc3SN2)c1. The highest BCUT2D eigenvalue weighted by molar-refractivity contribution is 7.98. The Kier molecular flexibility index (Phi) is 3.88. The standard InChI is InChI=1S/C19H13N5S2/c1-3-10-16-12(6-1)21-18(23-25-16)14-8-5-9-15(20-14)19-22-13-7-2-4-11-17(13)26-24-19/h1-11H,(H,21,23)(H,22,24). The van der Waals surface area contributed by atoms with Crippen LogP contribution in [0.25, 0.3) is 0 Å². The number of amidine groups is 2. The van der Waals surface area contributed by atoms with Crippen molar-refractivity contribution in [3.63, 3.8) is 0 Å². The first-order chi connectivity index (χ1) is 12.9. The van der Waals surface area contributed by atoms with E-state index in [4.69, 9.17) is 15.0 Å². The van der Waals surface area contributed by atoms with Crippen LogP contribution in [0.15, 0.2) is 86.5 Å². The van der Waals surface area contributed by atoms with E-state index in [2.05, 4.69) is 9.44 Å². The van der Waals surface area contributed by atoms with Crippen molar-refractivity contribution in [1.29, 1.82) is 0 Å². The van der Waals surface area contributed by atoms with Gasteiger partial charge in [0, 0.05) is 0 Å². The van der Waals surface area contributed by atoms with Crippen LogP contribution in [-0.4, -0.2) is 16.7 Å². The summed E-state index contributed by atoms with van der Waals surface area (Å²) in [5.41, 5.74) is 3.49. The van der Waals surface area contributed by atoms with E-state index in [1.54, 1.807) is 23.9 Å². The summed E-state index contributed by atoms with van der Waals surface area (Å²) in [6.45, 7) is 0. The van der Waals surface area contributed by atoms with Gasteiger partial charge in [0.15, 0.2) is 11.7 Å². The van der Waals surface area contributed by atoms with E-state index in [-0.39, 0.29) is 0 Å². The molecule has 2 aliphatic heterocycles. The van der Waals surface area contributed by atoms with Crippen LogP contribution in [-0.2, 0) is 0 Å². The number of aromatic nitrogens is 1. The minimum atomic E-state index is 0.750. The molecule has 2 aliphatic rings. The molecule has 126 valence electrons. The Morgan fingerprint density at radius 1 is 0.577 bits per heavy atom. The Morgan fingerprint density at radius 2 is 1.08 bits per heavy atom. The Labute approximate surface area is 159 Å². The van der Waals surface area contributed by atoms with E-state index < -0.39 is 0 Å². The Balaban J connectivity index is 1.51. The van der Waals surface area contributed by atoms with E-state index in [9.17, 15) is 0 Å². The fourth-order valence-corrected chi connectivity index (χ4v) is 4.13. The smallest absolute Gasteiger partial charge is 0.162 e. The van der Waals surface area contributed by atoms with Crippen LogP contribution in [0.1, 0.15) is 11.4 Å². The van der Waals surface area contributed by atoms with Gasteiger partial charge in [0.2, 0.25) is 0 Å². The van der Waals surface area contributed by atoms with Gasteiger partial charge in [0.25, 0.3) is 0 Å². The molecule has 0 radical (unpaired) electrons. The van der Waals surface area contributed by atoms with Crippen LogP contribution >= 0.6 is 23.9 Å². The van der Waals surface area contributed by atoms with Crippen molar-refractivity contribution in [2.24, 2.45) is 9.98 Å². The molecule has 5 rings (SSSR count). The van der Waals surface area contributed by atoms with Gasteiger partial charge in [-0.15, -0.1) is 0 Å². The van der Waals surface area contributed by atoms with Crippen molar-refractivity contribution in [1.82, 2.24) is 14.4 Å². The molecule has 2 N–H and O–H groups in total. The molecule has 0 atom stereocenters. The van der Waals surface area contributed by atoms with Gasteiger partial charge in [-0.2, -0.15) is 0 Å². The van der Waals surface area contributed by atoms with Gasteiger partial charge in [0.05, 0.1) is 21.2 Å². The van der Waals surface area contributed by atoms with Crippen LogP contribution in [0.3, 0.4) is 0 Å². The third kappa shape index (κ3) is 2.85. The molecule has 5 nitrogen and oxygen atoms in total. The summed E-state index contributed by atoms with van der Waals surface area (Å²) in [6, 6.07) is 22.0. The number of para-hydroxylation sites is 2. The van der Waals surface area contributed by atoms with E-state index >= 15 is 0 Å². The summed E-state index contributed by atoms with van der Waals surface area (Å²) in [5.74, 6) is 1.50. The predicted molar refractivity (Wildman–Crippen MR) is 108 cm³/mol. The lowest BCUT2D eigenvalue weighted by atomic mass is 10.2. The molecule has 0 unspecified atom stereocenters. The molecule has 1 aromatic heterocycles. The van der Waals surface area contributed by atoms with Crippen molar-refractivity contribution < 1.29 is 0 Å². The van der Waals surface area contributed by atoms with Gasteiger partial charge >= 0.3 is 0 Å². The molecular weight excluding hydrogens is 362 g/mol. The molecule has 0 fully saturated rings. The summed E-state index contributed by atoms with van der Waals surface area (Å²) >= 11 is 3.11. The second-order valence-electron chi connectivity index (χ2n) is 5.67. The minimum Gasteiger partial charge on any atom is -0.308 e. The number of nitrogens with zero attached hydrogens (tertiary/aromatic N) is 3. The average Bonchev–Trinajstić information content (AvgIpc) is 2.73. The zero-order valence-electron chi connectivity index (χ0n) is 13.5. The molecule has 0 amide bonds. The van der Waals surface area contributed by atoms with Crippen LogP contribution in [0.5, 0.6) is 0 Å². The van der Waals surface area contributed by atoms with Crippen LogP contribution < -0.4 is 9.44 Å². The highest BCUT2D eigenvalue weighted by Crippen LogP contribution is 2.33. The van der Waals surface area contributed by atoms with Crippen molar-refractivity contribution in [2.75, 3.05) is 0 Å². The zero-order chi connectivity index (χ0) is 17.3. The van der Waals surface area contributed by atoms with Gasteiger partial charge < -0.3 is 9.44 Å². The first kappa shape index (κ1) is 15.5. The maximum Gasteiger partial charge on any atom is 0.162 e. The van der Waals surface area contributed by atoms with E-state index in [0.717, 1.165) is 44.2 Å². The molecule has 0 saturated carbocycles. The Morgan fingerprint density at radius 3 is 1.62 bits per heavy atom. The lowest BCUT2D eigenvalue weighted by molar-refractivity contribution is 1.18. The number of rotatable bonds is 2. The monoisotopic (exact) mass is 375 g/mol. The average molecular weight is 375 g/mol. The highest BCUT2D eigenvalue weighted by atomic mass is 32.2. The zero-order valence-corrected chi connectivity index (χ0v) is 15.1. The van der Waals surface area contributed by atoms with E-state index in [1.165, 1.54) is 0 Å². The maximum atomic E-state index is 4.75. The van der Waals surface area contributed by atoms with Gasteiger partial charge in [-0.3, -0.25) is 0 Å². The molecule has 3 heterocycles. The van der Waals surface area contributed by atoms with E-state index in [1.807, 2.05) is 66.7 Å². The number of nitrogens with one attached hydrogen (secondary N) is 2. The quantitative estimate of drug-likeness (QED) is 0.648. The third-order valence-electron chi connectivity index (χ3n) is 3.94. The summed E-state index contributed by atoms with van der Waals surface area (Å²) in [7, 11) is 0. The predicted octanol–water partition coefficient (Wildman–Crippen LogP) is 4.46. The second kappa shape index (κ2) is 6.51. The highest BCUT2D eigenvalue weighted by Gasteiger charge is 2.18. The number of hydrogen-bond donors (Lipinski definition) is 2. The first-order valence-electron chi connectivity index (χ1n) is 8.06. The lowest BCUT2D eigenvalue weighted by Gasteiger charge is -2.18.